The second-order valence-corrected chi connectivity index (χ2v) is 7.44. The highest BCUT2D eigenvalue weighted by Gasteiger charge is 2.39. The molecule has 0 bridgehead atoms. The summed E-state index contributed by atoms with van der Waals surface area (Å²) < 4.78 is 18.8. The molecule has 1 aromatic heterocycles. The van der Waals surface area contributed by atoms with Gasteiger partial charge < -0.3 is 15.4 Å². The Morgan fingerprint density at radius 1 is 1.17 bits per heavy atom. The lowest BCUT2D eigenvalue weighted by Crippen LogP contribution is -2.22. The van der Waals surface area contributed by atoms with Gasteiger partial charge in [0.2, 0.25) is 11.6 Å². The fourth-order valence-electron chi connectivity index (χ4n) is 4.01. The van der Waals surface area contributed by atoms with Crippen LogP contribution in [-0.4, -0.2) is 24.1 Å². The van der Waals surface area contributed by atoms with Crippen LogP contribution in [0.1, 0.15) is 30.2 Å². The molecule has 0 spiro atoms. The first kappa shape index (κ1) is 19.6. The fraction of sp³-hybridized carbons (Fsp3) is 0.261. The molecular weight excluding hydrogens is 381 g/mol. The summed E-state index contributed by atoms with van der Waals surface area (Å²) in [6, 6.07) is 11.9. The van der Waals surface area contributed by atoms with Crippen LogP contribution in [0, 0.1) is 12.4 Å². The molecule has 2 N–H and O–H groups in total. The van der Waals surface area contributed by atoms with E-state index in [0.29, 0.717) is 17.4 Å². The summed E-state index contributed by atoms with van der Waals surface area (Å²) in [5.74, 6) is 1.46. The van der Waals surface area contributed by atoms with Crippen molar-refractivity contribution in [3.8, 4) is 5.75 Å². The van der Waals surface area contributed by atoms with Crippen LogP contribution in [0.25, 0.3) is 4.85 Å². The molecule has 1 heterocycles. The third-order valence-corrected chi connectivity index (χ3v) is 5.68. The lowest BCUT2D eigenvalue weighted by Gasteiger charge is -2.25. The Bertz CT molecular complexity index is 1140. The molecule has 0 fully saturated rings. The van der Waals surface area contributed by atoms with E-state index < -0.39 is 0 Å². The van der Waals surface area contributed by atoms with Gasteiger partial charge in [0.15, 0.2) is 0 Å². The SMILES string of the molecule is [C-]#[N+]c1ccc(Nc2nc(NC)c3c(n2)[C@@](C)(c2ccc(F)cc2)CC3)cc1OC. The van der Waals surface area contributed by atoms with Gasteiger partial charge in [-0.3, -0.25) is 0 Å². The van der Waals surface area contributed by atoms with Crippen LogP contribution >= 0.6 is 0 Å². The second kappa shape index (κ2) is 7.64. The molecule has 1 aliphatic carbocycles. The molecule has 7 heteroatoms. The zero-order chi connectivity index (χ0) is 21.3. The summed E-state index contributed by atoms with van der Waals surface area (Å²) in [6.45, 7) is 9.36. The number of aromatic nitrogens is 2. The fourth-order valence-corrected chi connectivity index (χ4v) is 4.01. The Morgan fingerprint density at radius 2 is 1.93 bits per heavy atom. The molecule has 0 saturated carbocycles. The minimum atomic E-state index is -0.334. The highest BCUT2D eigenvalue weighted by Crippen LogP contribution is 2.45. The van der Waals surface area contributed by atoms with E-state index >= 15 is 0 Å². The highest BCUT2D eigenvalue weighted by atomic mass is 19.1. The van der Waals surface area contributed by atoms with Crippen LogP contribution in [0.5, 0.6) is 5.75 Å². The van der Waals surface area contributed by atoms with Crippen LogP contribution in [-0.2, 0) is 11.8 Å². The standard InChI is InChI=1S/C23H22FN5O/c1-23(14-5-7-15(24)8-6-14)12-11-17-20(23)28-22(29-21(17)26-3)27-16-9-10-18(25-2)19(13-16)30-4/h5-10,13H,11-12H2,1,3-4H3,(H2,26,27,28,29)/t23-/m1/s1. The molecule has 2 aromatic carbocycles. The first-order valence-corrected chi connectivity index (χ1v) is 9.66. The van der Waals surface area contributed by atoms with E-state index in [9.17, 15) is 4.39 Å². The maximum absolute atomic E-state index is 13.5. The zero-order valence-electron chi connectivity index (χ0n) is 17.1. The van der Waals surface area contributed by atoms with Crippen molar-refractivity contribution < 1.29 is 9.13 Å². The Hall–Kier alpha value is -3.66. The molecule has 1 aliphatic rings. The van der Waals surface area contributed by atoms with E-state index in [-0.39, 0.29) is 11.2 Å². The number of benzene rings is 2. The van der Waals surface area contributed by atoms with Gasteiger partial charge in [0, 0.05) is 23.7 Å². The third-order valence-electron chi connectivity index (χ3n) is 5.68. The smallest absolute Gasteiger partial charge is 0.229 e. The van der Waals surface area contributed by atoms with E-state index in [4.69, 9.17) is 16.3 Å². The van der Waals surface area contributed by atoms with Gasteiger partial charge in [-0.05, 0) is 49.6 Å². The molecule has 152 valence electrons. The quantitative estimate of drug-likeness (QED) is 0.573. The third kappa shape index (κ3) is 3.30. The Balaban J connectivity index is 1.76. The Morgan fingerprint density at radius 3 is 2.60 bits per heavy atom. The van der Waals surface area contributed by atoms with Crippen molar-refractivity contribution in [2.24, 2.45) is 0 Å². The van der Waals surface area contributed by atoms with Gasteiger partial charge in [-0.2, -0.15) is 4.98 Å². The number of nitrogens with one attached hydrogen (secondary N) is 2. The molecule has 0 unspecified atom stereocenters. The van der Waals surface area contributed by atoms with Crippen LogP contribution in [0.15, 0.2) is 42.5 Å². The Kier molecular flexibility index (Phi) is 5.00. The number of ether oxygens (including phenoxy) is 1. The zero-order valence-corrected chi connectivity index (χ0v) is 17.1. The predicted octanol–water partition coefficient (Wildman–Crippen LogP) is 5.21. The van der Waals surface area contributed by atoms with Crippen LogP contribution in [0.4, 0.5) is 27.5 Å². The van der Waals surface area contributed by atoms with E-state index in [2.05, 4.69) is 27.4 Å². The van der Waals surface area contributed by atoms with Gasteiger partial charge >= 0.3 is 0 Å². The number of fused-ring (bicyclic) bond motifs is 1. The number of halogens is 1. The van der Waals surface area contributed by atoms with Crippen molar-refractivity contribution in [3.63, 3.8) is 0 Å². The van der Waals surface area contributed by atoms with Gasteiger partial charge in [0.1, 0.15) is 17.4 Å². The van der Waals surface area contributed by atoms with Gasteiger partial charge in [-0.25, -0.2) is 14.2 Å². The summed E-state index contributed by atoms with van der Waals surface area (Å²) in [5.41, 5.74) is 3.87. The van der Waals surface area contributed by atoms with Crippen molar-refractivity contribution in [1.82, 2.24) is 9.97 Å². The number of nitrogens with zero attached hydrogens (tertiary/aromatic N) is 3. The highest BCUT2D eigenvalue weighted by molar-refractivity contribution is 5.68. The minimum absolute atomic E-state index is 0.252. The molecule has 3 aromatic rings. The number of methoxy groups -OCH3 is 1. The summed E-state index contributed by atoms with van der Waals surface area (Å²) in [7, 11) is 3.38. The predicted molar refractivity (Wildman–Crippen MR) is 115 cm³/mol. The van der Waals surface area contributed by atoms with Crippen molar-refractivity contribution in [1.29, 1.82) is 0 Å². The number of anilines is 3. The van der Waals surface area contributed by atoms with Crippen LogP contribution in [0.2, 0.25) is 0 Å². The number of hydrogen-bond donors (Lipinski definition) is 2. The average Bonchev–Trinajstić information content (AvgIpc) is 3.11. The van der Waals surface area contributed by atoms with Gasteiger partial charge in [-0.15, -0.1) is 0 Å². The molecule has 1 atom stereocenters. The summed E-state index contributed by atoms with van der Waals surface area (Å²) in [4.78, 5) is 12.9. The first-order valence-electron chi connectivity index (χ1n) is 9.66. The number of rotatable bonds is 5. The maximum atomic E-state index is 13.5. The number of hydrogen-bond acceptors (Lipinski definition) is 5. The van der Waals surface area contributed by atoms with Crippen LogP contribution < -0.4 is 15.4 Å². The molecule has 0 amide bonds. The second-order valence-electron chi connectivity index (χ2n) is 7.44. The van der Waals surface area contributed by atoms with E-state index in [1.807, 2.05) is 19.2 Å². The maximum Gasteiger partial charge on any atom is 0.229 e. The molecule has 0 saturated heterocycles. The van der Waals surface area contributed by atoms with Crippen molar-refractivity contribution in [3.05, 3.63) is 76.5 Å². The summed E-state index contributed by atoms with van der Waals surface area (Å²) >= 11 is 0. The molecule has 0 radical (unpaired) electrons. The Labute approximate surface area is 175 Å². The molecule has 4 rings (SSSR count). The topological polar surface area (TPSA) is 63.4 Å². The molecule has 30 heavy (non-hydrogen) atoms. The average molecular weight is 403 g/mol. The first-order chi connectivity index (χ1) is 14.5. The van der Waals surface area contributed by atoms with E-state index in [1.54, 1.807) is 18.2 Å². The monoisotopic (exact) mass is 403 g/mol. The van der Waals surface area contributed by atoms with Gasteiger partial charge in [-0.1, -0.05) is 18.2 Å². The van der Waals surface area contributed by atoms with E-state index in [0.717, 1.165) is 41.2 Å². The molecule has 6 nitrogen and oxygen atoms in total. The van der Waals surface area contributed by atoms with Crippen molar-refractivity contribution in [2.45, 2.75) is 25.2 Å². The largest absolute Gasteiger partial charge is 0.508 e. The minimum Gasteiger partial charge on any atom is -0.508 e. The van der Waals surface area contributed by atoms with Gasteiger partial charge in [0.05, 0.1) is 19.4 Å². The summed E-state index contributed by atoms with van der Waals surface area (Å²) in [6.07, 6.45) is 1.71. The lowest BCUT2D eigenvalue weighted by atomic mass is 9.80. The lowest BCUT2D eigenvalue weighted by molar-refractivity contribution is 0.417. The molecule has 0 aliphatic heterocycles. The molecular formula is C23H22FN5O. The van der Waals surface area contributed by atoms with E-state index in [1.165, 1.54) is 19.2 Å². The van der Waals surface area contributed by atoms with Gasteiger partial charge in [0.25, 0.3) is 0 Å². The van der Waals surface area contributed by atoms with Crippen molar-refractivity contribution in [2.75, 3.05) is 24.8 Å². The normalized spacial score (nSPS) is 17.2. The van der Waals surface area contributed by atoms with Crippen LogP contribution in [0.3, 0.4) is 0 Å². The summed E-state index contributed by atoms with van der Waals surface area (Å²) in [5, 5.41) is 6.40. The van der Waals surface area contributed by atoms with Crippen molar-refractivity contribution >= 4 is 23.1 Å².